The summed E-state index contributed by atoms with van der Waals surface area (Å²) < 4.78 is 0. The minimum Gasteiger partial charge on any atom is -0.289 e. The van der Waals surface area contributed by atoms with Crippen molar-refractivity contribution in [3.05, 3.63) is 0 Å². The van der Waals surface area contributed by atoms with Gasteiger partial charge in [0.1, 0.15) is 0 Å². The van der Waals surface area contributed by atoms with E-state index < -0.39 is 0 Å². The van der Waals surface area contributed by atoms with Crippen LogP contribution in [-0.4, -0.2) is 11.1 Å². The first-order valence-corrected chi connectivity index (χ1v) is 6.79. The van der Waals surface area contributed by atoms with Gasteiger partial charge in [0.2, 0.25) is 5.91 Å². The SMILES string of the molecule is CC12CC3CC(C)(C1)CC(CC(=O)NO)(C3)C2. The first-order valence-electron chi connectivity index (χ1n) is 6.79. The zero-order valence-electron chi connectivity index (χ0n) is 10.9. The molecule has 96 valence electrons. The normalized spacial score (nSPS) is 51.6. The highest BCUT2D eigenvalue weighted by Gasteiger charge is 2.60. The second-order valence-electron chi connectivity index (χ2n) is 7.84. The Labute approximate surface area is 103 Å². The maximum atomic E-state index is 11.5. The molecule has 0 aliphatic heterocycles. The van der Waals surface area contributed by atoms with Crippen LogP contribution >= 0.6 is 0 Å². The Hall–Kier alpha value is -0.570. The summed E-state index contributed by atoms with van der Waals surface area (Å²) in [7, 11) is 0. The highest BCUT2D eigenvalue weighted by molar-refractivity contribution is 5.75. The van der Waals surface area contributed by atoms with Gasteiger partial charge in [0.05, 0.1) is 0 Å². The highest BCUT2D eigenvalue weighted by Crippen LogP contribution is 2.70. The van der Waals surface area contributed by atoms with E-state index in [0.29, 0.717) is 17.3 Å². The number of carbonyl (C=O) groups is 1. The van der Waals surface area contributed by atoms with Crippen LogP contribution in [0.3, 0.4) is 0 Å². The molecule has 4 bridgehead atoms. The molecule has 0 aromatic carbocycles. The Morgan fingerprint density at radius 1 is 1.18 bits per heavy atom. The first-order chi connectivity index (χ1) is 7.86. The van der Waals surface area contributed by atoms with E-state index in [2.05, 4.69) is 13.8 Å². The lowest BCUT2D eigenvalue weighted by atomic mass is 9.40. The number of hydrogen-bond acceptors (Lipinski definition) is 2. The van der Waals surface area contributed by atoms with Crippen molar-refractivity contribution in [1.82, 2.24) is 5.48 Å². The molecule has 0 spiro atoms. The molecule has 3 heteroatoms. The molecule has 4 rings (SSSR count). The molecule has 0 saturated heterocycles. The minimum absolute atomic E-state index is 0.176. The predicted molar refractivity (Wildman–Crippen MR) is 64.4 cm³/mol. The Bertz CT molecular complexity index is 347. The van der Waals surface area contributed by atoms with Crippen LogP contribution in [0.25, 0.3) is 0 Å². The highest BCUT2D eigenvalue weighted by atomic mass is 16.5. The Balaban J connectivity index is 1.89. The van der Waals surface area contributed by atoms with Gasteiger partial charge >= 0.3 is 0 Å². The van der Waals surface area contributed by atoms with E-state index in [4.69, 9.17) is 5.21 Å². The zero-order valence-corrected chi connectivity index (χ0v) is 10.9. The van der Waals surface area contributed by atoms with Gasteiger partial charge in [-0.15, -0.1) is 0 Å². The molecule has 0 aromatic heterocycles. The minimum atomic E-state index is -0.195. The van der Waals surface area contributed by atoms with E-state index in [-0.39, 0.29) is 11.3 Å². The van der Waals surface area contributed by atoms with Crippen LogP contribution in [0.1, 0.15) is 58.8 Å². The molecule has 4 saturated carbocycles. The predicted octanol–water partition coefficient (Wildman–Crippen LogP) is 2.88. The van der Waals surface area contributed by atoms with Crippen molar-refractivity contribution in [1.29, 1.82) is 0 Å². The van der Waals surface area contributed by atoms with Crippen molar-refractivity contribution in [2.24, 2.45) is 22.2 Å². The van der Waals surface area contributed by atoms with Gasteiger partial charge in [-0.05, 0) is 60.7 Å². The van der Waals surface area contributed by atoms with Gasteiger partial charge in [0.25, 0.3) is 0 Å². The number of carbonyl (C=O) groups excluding carboxylic acids is 1. The Morgan fingerprint density at radius 3 is 2.24 bits per heavy atom. The molecule has 2 atom stereocenters. The third-order valence-electron chi connectivity index (χ3n) is 5.40. The van der Waals surface area contributed by atoms with Crippen LogP contribution in [0.5, 0.6) is 0 Å². The molecule has 17 heavy (non-hydrogen) atoms. The molecule has 4 aliphatic carbocycles. The summed E-state index contributed by atoms with van der Waals surface area (Å²) in [6, 6.07) is 0. The molecule has 1 amide bonds. The van der Waals surface area contributed by atoms with Crippen molar-refractivity contribution < 1.29 is 10.0 Å². The maximum absolute atomic E-state index is 11.5. The van der Waals surface area contributed by atoms with Crippen LogP contribution in [-0.2, 0) is 4.79 Å². The van der Waals surface area contributed by atoms with E-state index in [9.17, 15) is 4.79 Å². The Kier molecular flexibility index (Phi) is 2.20. The molecule has 3 nitrogen and oxygen atoms in total. The maximum Gasteiger partial charge on any atom is 0.243 e. The van der Waals surface area contributed by atoms with Gasteiger partial charge in [0.15, 0.2) is 0 Å². The van der Waals surface area contributed by atoms with E-state index >= 15 is 0 Å². The summed E-state index contributed by atoms with van der Waals surface area (Å²) >= 11 is 0. The largest absolute Gasteiger partial charge is 0.289 e. The molecule has 0 heterocycles. The van der Waals surface area contributed by atoms with E-state index in [1.165, 1.54) is 38.5 Å². The molecule has 2 N–H and O–H groups in total. The van der Waals surface area contributed by atoms with Crippen LogP contribution < -0.4 is 5.48 Å². The smallest absolute Gasteiger partial charge is 0.243 e. The van der Waals surface area contributed by atoms with Gasteiger partial charge in [-0.2, -0.15) is 0 Å². The summed E-state index contributed by atoms with van der Waals surface area (Å²) in [6.45, 7) is 4.81. The van der Waals surface area contributed by atoms with Crippen molar-refractivity contribution in [2.45, 2.75) is 58.8 Å². The van der Waals surface area contributed by atoms with Gasteiger partial charge < -0.3 is 0 Å². The number of rotatable bonds is 2. The lowest BCUT2D eigenvalue weighted by molar-refractivity contribution is -0.159. The molecule has 0 radical (unpaired) electrons. The number of hydrogen-bond donors (Lipinski definition) is 2. The van der Waals surface area contributed by atoms with E-state index in [1.807, 2.05) is 5.48 Å². The van der Waals surface area contributed by atoms with Gasteiger partial charge in [-0.25, -0.2) is 5.48 Å². The molecule has 4 aliphatic rings. The lowest BCUT2D eigenvalue weighted by Crippen LogP contribution is -2.55. The lowest BCUT2D eigenvalue weighted by Gasteiger charge is -2.65. The second kappa shape index (κ2) is 3.25. The first kappa shape index (κ1) is 11.5. The Morgan fingerprint density at radius 2 is 1.76 bits per heavy atom. The number of amides is 1. The van der Waals surface area contributed by atoms with Gasteiger partial charge in [0, 0.05) is 6.42 Å². The average molecular weight is 237 g/mol. The summed E-state index contributed by atoms with van der Waals surface area (Å²) in [5.74, 6) is 0.617. The molecular weight excluding hydrogens is 214 g/mol. The topological polar surface area (TPSA) is 49.3 Å². The average Bonchev–Trinajstić information content (AvgIpc) is 2.10. The summed E-state index contributed by atoms with van der Waals surface area (Å²) in [5.41, 5.74) is 2.90. The van der Waals surface area contributed by atoms with Crippen molar-refractivity contribution >= 4 is 5.91 Å². The molecule has 2 unspecified atom stereocenters. The third-order valence-corrected chi connectivity index (χ3v) is 5.40. The van der Waals surface area contributed by atoms with Crippen LogP contribution in [0.2, 0.25) is 0 Å². The van der Waals surface area contributed by atoms with E-state index in [1.54, 1.807) is 0 Å². The van der Waals surface area contributed by atoms with Crippen LogP contribution in [0.4, 0.5) is 0 Å². The van der Waals surface area contributed by atoms with E-state index in [0.717, 1.165) is 5.92 Å². The number of hydroxylamine groups is 1. The van der Waals surface area contributed by atoms with Crippen LogP contribution in [0.15, 0.2) is 0 Å². The third kappa shape index (κ3) is 1.79. The molecule has 0 aromatic rings. The fraction of sp³-hybridized carbons (Fsp3) is 0.929. The van der Waals surface area contributed by atoms with Crippen molar-refractivity contribution in [2.75, 3.05) is 0 Å². The number of nitrogens with one attached hydrogen (secondary N) is 1. The zero-order chi connectivity index (χ0) is 12.3. The fourth-order valence-corrected chi connectivity index (χ4v) is 6.26. The fourth-order valence-electron chi connectivity index (χ4n) is 6.26. The summed E-state index contributed by atoms with van der Waals surface area (Å²) in [5, 5.41) is 8.77. The standard InChI is InChI=1S/C14H23NO2/c1-12-3-10-4-13(2,7-12)9-14(5-10,8-12)6-11(16)15-17/h10,17H,3-9H2,1-2H3,(H,15,16). The summed E-state index contributed by atoms with van der Waals surface area (Å²) in [6.07, 6.45) is 8.12. The summed E-state index contributed by atoms with van der Waals surface area (Å²) in [4.78, 5) is 11.5. The quantitative estimate of drug-likeness (QED) is 0.573. The second-order valence-corrected chi connectivity index (χ2v) is 7.84. The van der Waals surface area contributed by atoms with Gasteiger partial charge in [-0.3, -0.25) is 10.0 Å². The molecular formula is C14H23NO2. The molecule has 4 fully saturated rings. The monoisotopic (exact) mass is 237 g/mol. The van der Waals surface area contributed by atoms with Crippen molar-refractivity contribution in [3.63, 3.8) is 0 Å². The van der Waals surface area contributed by atoms with Crippen LogP contribution in [0, 0.1) is 22.2 Å². The van der Waals surface area contributed by atoms with Crippen molar-refractivity contribution in [3.8, 4) is 0 Å². The van der Waals surface area contributed by atoms with Gasteiger partial charge in [-0.1, -0.05) is 13.8 Å².